The summed E-state index contributed by atoms with van der Waals surface area (Å²) in [5.74, 6) is 0.825. The molecule has 1 saturated carbocycles. The molecule has 1 heterocycles. The summed E-state index contributed by atoms with van der Waals surface area (Å²) in [6.07, 6.45) is 4.95. The largest absolute Gasteiger partial charge is 0.396 e. The quantitative estimate of drug-likeness (QED) is 0.727. The molecule has 0 aromatic heterocycles. The molecule has 1 aliphatic carbocycles. The number of carbonyl (C=O) groups excluding carboxylic acids is 1. The molecular weight excluding hydrogens is 294 g/mol. The van der Waals surface area contributed by atoms with Gasteiger partial charge in [-0.1, -0.05) is 13.8 Å². The maximum Gasteiger partial charge on any atom is 0.225 e. The number of likely N-dealkylation sites (tertiary alicyclic amines) is 1. The molecule has 5 nitrogen and oxygen atoms in total. The van der Waals surface area contributed by atoms with Gasteiger partial charge in [0.25, 0.3) is 0 Å². The second-order valence-electron chi connectivity index (χ2n) is 7.52. The number of hydrogen-bond donors (Lipinski definition) is 1. The first-order valence-corrected chi connectivity index (χ1v) is 9.02. The molecular formula is C18H33NO4. The average molecular weight is 327 g/mol. The second-order valence-corrected chi connectivity index (χ2v) is 7.52. The van der Waals surface area contributed by atoms with Crippen molar-refractivity contribution in [1.82, 2.24) is 4.90 Å². The van der Waals surface area contributed by atoms with Crippen molar-refractivity contribution in [2.24, 2.45) is 17.3 Å². The number of hydrogen-bond acceptors (Lipinski definition) is 4. The average Bonchev–Trinajstić information content (AvgIpc) is 3.01. The highest BCUT2D eigenvalue weighted by molar-refractivity contribution is 5.79. The standard InChI is InChI=1S/C18H33NO4/c1-14(2)18(13-20)8-9-19(12-18)17(21)15-4-6-16(7-5-15)23-11-10-22-3/h14-16,20H,4-13H2,1-3H3. The molecule has 1 aliphatic heterocycles. The molecule has 23 heavy (non-hydrogen) atoms. The molecule has 0 spiro atoms. The maximum atomic E-state index is 12.8. The van der Waals surface area contributed by atoms with Gasteiger partial charge in [0.1, 0.15) is 0 Å². The summed E-state index contributed by atoms with van der Waals surface area (Å²) >= 11 is 0. The third kappa shape index (κ3) is 4.46. The van der Waals surface area contributed by atoms with Crippen LogP contribution < -0.4 is 0 Å². The Morgan fingerprint density at radius 3 is 2.48 bits per heavy atom. The van der Waals surface area contributed by atoms with Crippen LogP contribution in [0.3, 0.4) is 0 Å². The van der Waals surface area contributed by atoms with Crippen molar-refractivity contribution < 1.29 is 19.4 Å². The van der Waals surface area contributed by atoms with E-state index in [1.54, 1.807) is 7.11 Å². The molecule has 1 saturated heterocycles. The van der Waals surface area contributed by atoms with Gasteiger partial charge in [-0.15, -0.1) is 0 Å². The van der Waals surface area contributed by atoms with Gasteiger partial charge in [-0.05, 0) is 38.0 Å². The Hall–Kier alpha value is -0.650. The summed E-state index contributed by atoms with van der Waals surface area (Å²) < 4.78 is 10.8. The summed E-state index contributed by atoms with van der Waals surface area (Å²) in [6.45, 7) is 7.24. The van der Waals surface area contributed by atoms with E-state index in [9.17, 15) is 9.90 Å². The van der Waals surface area contributed by atoms with Crippen LogP contribution in [0.25, 0.3) is 0 Å². The van der Waals surface area contributed by atoms with Gasteiger partial charge in [-0.3, -0.25) is 4.79 Å². The Kier molecular flexibility index (Phi) is 6.86. The molecule has 1 atom stereocenters. The Balaban J connectivity index is 1.79. The molecule has 2 fully saturated rings. The fourth-order valence-electron chi connectivity index (χ4n) is 3.90. The smallest absolute Gasteiger partial charge is 0.225 e. The molecule has 2 rings (SSSR count). The van der Waals surface area contributed by atoms with E-state index in [-0.39, 0.29) is 30.0 Å². The molecule has 0 bridgehead atoms. The molecule has 2 aliphatic rings. The second kappa shape index (κ2) is 8.45. The molecule has 1 amide bonds. The van der Waals surface area contributed by atoms with Crippen LogP contribution in [-0.2, 0) is 14.3 Å². The fourth-order valence-corrected chi connectivity index (χ4v) is 3.90. The lowest BCUT2D eigenvalue weighted by atomic mass is 9.77. The highest BCUT2D eigenvalue weighted by Gasteiger charge is 2.43. The molecule has 0 radical (unpaired) electrons. The van der Waals surface area contributed by atoms with Crippen molar-refractivity contribution in [3.05, 3.63) is 0 Å². The monoisotopic (exact) mass is 327 g/mol. The molecule has 134 valence electrons. The van der Waals surface area contributed by atoms with E-state index in [2.05, 4.69) is 13.8 Å². The third-order valence-electron chi connectivity index (χ3n) is 5.90. The summed E-state index contributed by atoms with van der Waals surface area (Å²) in [7, 11) is 1.68. The number of aliphatic hydroxyl groups is 1. The van der Waals surface area contributed by atoms with E-state index in [0.29, 0.717) is 25.7 Å². The van der Waals surface area contributed by atoms with Crippen LogP contribution in [0.2, 0.25) is 0 Å². The first-order chi connectivity index (χ1) is 11.0. The number of nitrogens with zero attached hydrogens (tertiary/aromatic N) is 1. The normalized spacial score (nSPS) is 31.8. The number of carbonyl (C=O) groups is 1. The zero-order valence-corrected chi connectivity index (χ0v) is 14.9. The Morgan fingerprint density at radius 2 is 1.96 bits per heavy atom. The SMILES string of the molecule is COCCOC1CCC(C(=O)N2CCC(CO)(C(C)C)C2)CC1. The van der Waals surface area contributed by atoms with E-state index in [0.717, 1.165) is 38.6 Å². The van der Waals surface area contributed by atoms with Gasteiger partial charge < -0.3 is 19.5 Å². The highest BCUT2D eigenvalue weighted by atomic mass is 16.5. The van der Waals surface area contributed by atoms with E-state index >= 15 is 0 Å². The van der Waals surface area contributed by atoms with Gasteiger partial charge in [0.05, 0.1) is 25.9 Å². The summed E-state index contributed by atoms with van der Waals surface area (Å²) in [5.41, 5.74) is -0.101. The van der Waals surface area contributed by atoms with Gasteiger partial charge in [0.2, 0.25) is 5.91 Å². The van der Waals surface area contributed by atoms with Crippen molar-refractivity contribution in [3.8, 4) is 0 Å². The predicted molar refractivity (Wildman–Crippen MR) is 89.1 cm³/mol. The zero-order chi connectivity index (χ0) is 16.9. The number of aliphatic hydroxyl groups excluding tert-OH is 1. The van der Waals surface area contributed by atoms with Crippen LogP contribution in [0.4, 0.5) is 0 Å². The van der Waals surface area contributed by atoms with Gasteiger partial charge in [0.15, 0.2) is 0 Å². The Morgan fingerprint density at radius 1 is 1.26 bits per heavy atom. The van der Waals surface area contributed by atoms with Gasteiger partial charge in [0, 0.05) is 31.5 Å². The van der Waals surface area contributed by atoms with Crippen LogP contribution in [0.1, 0.15) is 46.0 Å². The van der Waals surface area contributed by atoms with Crippen molar-refractivity contribution >= 4 is 5.91 Å². The van der Waals surface area contributed by atoms with Crippen molar-refractivity contribution in [3.63, 3.8) is 0 Å². The van der Waals surface area contributed by atoms with Gasteiger partial charge >= 0.3 is 0 Å². The van der Waals surface area contributed by atoms with Crippen molar-refractivity contribution in [1.29, 1.82) is 0 Å². The molecule has 0 aromatic rings. The maximum absolute atomic E-state index is 12.8. The predicted octanol–water partition coefficient (Wildman–Crippen LogP) is 2.08. The van der Waals surface area contributed by atoms with E-state index < -0.39 is 0 Å². The number of ether oxygens (including phenoxy) is 2. The highest BCUT2D eigenvalue weighted by Crippen LogP contribution is 2.39. The molecule has 1 unspecified atom stereocenters. The number of rotatable bonds is 7. The fraction of sp³-hybridized carbons (Fsp3) is 0.944. The Bertz CT molecular complexity index is 379. The number of amides is 1. The summed E-state index contributed by atoms with van der Waals surface area (Å²) in [4.78, 5) is 14.8. The minimum atomic E-state index is -0.101. The van der Waals surface area contributed by atoms with Crippen LogP contribution >= 0.6 is 0 Å². The topological polar surface area (TPSA) is 59.0 Å². The number of methoxy groups -OCH3 is 1. The lowest BCUT2D eigenvalue weighted by Gasteiger charge is -2.33. The van der Waals surface area contributed by atoms with E-state index in [4.69, 9.17) is 9.47 Å². The van der Waals surface area contributed by atoms with Gasteiger partial charge in [-0.25, -0.2) is 0 Å². The molecule has 0 aromatic carbocycles. The summed E-state index contributed by atoms with van der Waals surface area (Å²) in [5, 5.41) is 9.77. The molecule has 1 N–H and O–H groups in total. The Labute approximate surface area is 140 Å². The van der Waals surface area contributed by atoms with Gasteiger partial charge in [-0.2, -0.15) is 0 Å². The first-order valence-electron chi connectivity index (χ1n) is 9.02. The minimum absolute atomic E-state index is 0.101. The zero-order valence-electron chi connectivity index (χ0n) is 14.9. The third-order valence-corrected chi connectivity index (χ3v) is 5.90. The lowest BCUT2D eigenvalue weighted by molar-refractivity contribution is -0.137. The van der Waals surface area contributed by atoms with Crippen LogP contribution in [0.5, 0.6) is 0 Å². The van der Waals surface area contributed by atoms with E-state index in [1.807, 2.05) is 4.90 Å². The van der Waals surface area contributed by atoms with Crippen molar-refractivity contribution in [2.75, 3.05) is 40.0 Å². The summed E-state index contributed by atoms with van der Waals surface area (Å²) in [6, 6.07) is 0. The van der Waals surface area contributed by atoms with Crippen LogP contribution in [0.15, 0.2) is 0 Å². The lowest BCUT2D eigenvalue weighted by Crippen LogP contribution is -2.41. The molecule has 5 heteroatoms. The van der Waals surface area contributed by atoms with Crippen LogP contribution in [-0.4, -0.2) is 62.0 Å². The van der Waals surface area contributed by atoms with E-state index in [1.165, 1.54) is 0 Å². The van der Waals surface area contributed by atoms with Crippen molar-refractivity contribution in [2.45, 2.75) is 52.1 Å². The van der Waals surface area contributed by atoms with Crippen LogP contribution in [0, 0.1) is 17.3 Å². The first kappa shape index (κ1) is 18.7. The minimum Gasteiger partial charge on any atom is -0.396 e.